The molecule has 1 aliphatic heterocycles. The summed E-state index contributed by atoms with van der Waals surface area (Å²) >= 11 is 0. The van der Waals surface area contributed by atoms with Crippen molar-refractivity contribution in [2.24, 2.45) is 17.8 Å². The molecule has 0 aromatic carbocycles. The van der Waals surface area contributed by atoms with Crippen LogP contribution in [-0.2, 0) is 4.79 Å². The molecule has 0 spiro atoms. The van der Waals surface area contributed by atoms with Gasteiger partial charge in [-0.2, -0.15) is 0 Å². The van der Waals surface area contributed by atoms with E-state index in [-0.39, 0.29) is 11.9 Å². The van der Waals surface area contributed by atoms with Gasteiger partial charge in [-0.15, -0.1) is 0 Å². The lowest BCUT2D eigenvalue weighted by Gasteiger charge is -2.35. The lowest BCUT2D eigenvalue weighted by molar-refractivity contribution is -0.124. The van der Waals surface area contributed by atoms with Crippen LogP contribution in [0.15, 0.2) is 0 Å². The van der Waals surface area contributed by atoms with Crippen molar-refractivity contribution in [1.29, 1.82) is 0 Å². The Morgan fingerprint density at radius 1 is 1.05 bits per heavy atom. The molecule has 0 aromatic heterocycles. The fourth-order valence-electron chi connectivity index (χ4n) is 4.59. The van der Waals surface area contributed by atoms with E-state index in [1.165, 1.54) is 38.5 Å². The zero-order chi connectivity index (χ0) is 14.1. The number of hydrogen-bond acceptors (Lipinski definition) is 2. The largest absolute Gasteiger partial charge is 0.352 e. The number of fused-ring (bicyclic) bond motifs is 1. The summed E-state index contributed by atoms with van der Waals surface area (Å²) in [5.74, 6) is 2.39. The molecule has 3 fully saturated rings. The van der Waals surface area contributed by atoms with Gasteiger partial charge >= 0.3 is 0 Å². The lowest BCUT2D eigenvalue weighted by Crippen LogP contribution is -2.50. The Bertz CT molecular complexity index is 343. The maximum absolute atomic E-state index is 12.5. The molecule has 3 heteroatoms. The Morgan fingerprint density at radius 2 is 1.85 bits per heavy atom. The van der Waals surface area contributed by atoms with E-state index in [1.807, 2.05) is 0 Å². The van der Waals surface area contributed by atoms with E-state index in [0.717, 1.165) is 24.7 Å². The van der Waals surface area contributed by atoms with Crippen molar-refractivity contribution in [3.8, 4) is 0 Å². The molecule has 6 atom stereocenters. The molecule has 0 radical (unpaired) electrons. The summed E-state index contributed by atoms with van der Waals surface area (Å²) in [6, 6.07) is 1.09. The first kappa shape index (κ1) is 14.4. The third kappa shape index (κ3) is 2.88. The van der Waals surface area contributed by atoms with Crippen molar-refractivity contribution in [3.05, 3.63) is 0 Å². The number of carbonyl (C=O) groups is 1. The van der Waals surface area contributed by atoms with Crippen LogP contribution in [0.25, 0.3) is 0 Å². The zero-order valence-electron chi connectivity index (χ0n) is 13.0. The predicted octanol–water partition coefficient (Wildman–Crippen LogP) is 2.85. The molecule has 2 N–H and O–H groups in total. The minimum absolute atomic E-state index is 0.0764. The molecule has 0 bridgehead atoms. The van der Waals surface area contributed by atoms with E-state index in [4.69, 9.17) is 0 Å². The molecule has 1 heterocycles. The second kappa shape index (κ2) is 6.05. The Hall–Kier alpha value is -0.570. The summed E-state index contributed by atoms with van der Waals surface area (Å²) in [5, 5.41) is 6.95. The Balaban J connectivity index is 1.54. The van der Waals surface area contributed by atoms with Crippen LogP contribution in [0.4, 0.5) is 0 Å². The standard InChI is InChI=1S/C17H30N2O/c1-11-6-5-9-14(12(11)2)19-17(20)16-10-13-7-3-4-8-15(13)18-16/h11-16,18H,3-10H2,1-2H3,(H,19,20). The highest BCUT2D eigenvalue weighted by atomic mass is 16.2. The second-order valence-electron chi connectivity index (χ2n) is 7.49. The van der Waals surface area contributed by atoms with Gasteiger partial charge in [-0.05, 0) is 43.4 Å². The third-order valence-electron chi connectivity index (χ3n) is 6.21. The third-order valence-corrected chi connectivity index (χ3v) is 6.21. The summed E-state index contributed by atoms with van der Waals surface area (Å²) < 4.78 is 0. The van der Waals surface area contributed by atoms with Gasteiger partial charge in [0.2, 0.25) is 5.91 Å². The number of nitrogens with one attached hydrogen (secondary N) is 2. The average molecular weight is 278 g/mol. The van der Waals surface area contributed by atoms with E-state index in [2.05, 4.69) is 24.5 Å². The highest BCUT2D eigenvalue weighted by Gasteiger charge is 2.39. The average Bonchev–Trinajstić information content (AvgIpc) is 2.88. The van der Waals surface area contributed by atoms with Gasteiger partial charge in [-0.1, -0.05) is 39.5 Å². The molecular formula is C17H30N2O. The normalized spacial score (nSPS) is 44.9. The van der Waals surface area contributed by atoms with Crippen LogP contribution in [0.2, 0.25) is 0 Å². The smallest absolute Gasteiger partial charge is 0.237 e. The van der Waals surface area contributed by atoms with Crippen LogP contribution < -0.4 is 10.6 Å². The molecule has 2 saturated carbocycles. The molecular weight excluding hydrogens is 248 g/mol. The fourth-order valence-corrected chi connectivity index (χ4v) is 4.59. The summed E-state index contributed by atoms with van der Waals surface area (Å²) in [5.41, 5.74) is 0. The SMILES string of the molecule is CC1CCCC(NC(=O)C2CC3CCCCC3N2)C1C. The minimum Gasteiger partial charge on any atom is -0.352 e. The Morgan fingerprint density at radius 3 is 2.65 bits per heavy atom. The van der Waals surface area contributed by atoms with Gasteiger partial charge in [0.25, 0.3) is 0 Å². The zero-order valence-corrected chi connectivity index (χ0v) is 13.0. The maximum Gasteiger partial charge on any atom is 0.237 e. The molecule has 3 rings (SSSR count). The van der Waals surface area contributed by atoms with Crippen LogP contribution >= 0.6 is 0 Å². The van der Waals surface area contributed by atoms with E-state index in [1.54, 1.807) is 0 Å². The quantitative estimate of drug-likeness (QED) is 0.815. The van der Waals surface area contributed by atoms with E-state index in [9.17, 15) is 4.79 Å². The van der Waals surface area contributed by atoms with Crippen molar-refractivity contribution in [2.75, 3.05) is 0 Å². The number of hydrogen-bond donors (Lipinski definition) is 2. The maximum atomic E-state index is 12.5. The molecule has 2 aliphatic carbocycles. The minimum atomic E-state index is 0.0764. The van der Waals surface area contributed by atoms with Gasteiger partial charge in [0.1, 0.15) is 0 Å². The highest BCUT2D eigenvalue weighted by Crippen LogP contribution is 2.34. The molecule has 3 nitrogen and oxygen atoms in total. The van der Waals surface area contributed by atoms with Gasteiger partial charge < -0.3 is 10.6 Å². The number of amides is 1. The van der Waals surface area contributed by atoms with Crippen LogP contribution in [0.5, 0.6) is 0 Å². The van der Waals surface area contributed by atoms with Crippen LogP contribution in [0.1, 0.15) is 65.2 Å². The molecule has 20 heavy (non-hydrogen) atoms. The van der Waals surface area contributed by atoms with E-state index < -0.39 is 0 Å². The van der Waals surface area contributed by atoms with E-state index in [0.29, 0.717) is 18.0 Å². The van der Waals surface area contributed by atoms with Crippen molar-refractivity contribution >= 4 is 5.91 Å². The first-order valence-electron chi connectivity index (χ1n) is 8.71. The summed E-state index contributed by atoms with van der Waals surface area (Å²) in [4.78, 5) is 12.5. The van der Waals surface area contributed by atoms with Crippen molar-refractivity contribution in [1.82, 2.24) is 10.6 Å². The van der Waals surface area contributed by atoms with Gasteiger partial charge in [0.05, 0.1) is 6.04 Å². The molecule has 3 aliphatic rings. The monoisotopic (exact) mass is 278 g/mol. The topological polar surface area (TPSA) is 41.1 Å². The second-order valence-corrected chi connectivity index (χ2v) is 7.49. The number of rotatable bonds is 2. The summed E-state index contributed by atoms with van der Waals surface area (Å²) in [6.07, 6.45) is 10.1. The fraction of sp³-hybridized carbons (Fsp3) is 0.941. The first-order chi connectivity index (χ1) is 9.65. The van der Waals surface area contributed by atoms with Crippen molar-refractivity contribution in [3.63, 3.8) is 0 Å². The van der Waals surface area contributed by atoms with Crippen molar-refractivity contribution < 1.29 is 4.79 Å². The van der Waals surface area contributed by atoms with Gasteiger partial charge in [0, 0.05) is 12.1 Å². The van der Waals surface area contributed by atoms with Gasteiger partial charge in [-0.25, -0.2) is 0 Å². The van der Waals surface area contributed by atoms with Gasteiger partial charge in [-0.3, -0.25) is 4.79 Å². The molecule has 0 aromatic rings. The van der Waals surface area contributed by atoms with E-state index >= 15 is 0 Å². The molecule has 6 unspecified atom stereocenters. The first-order valence-corrected chi connectivity index (χ1v) is 8.71. The lowest BCUT2D eigenvalue weighted by atomic mass is 9.78. The molecule has 1 saturated heterocycles. The van der Waals surface area contributed by atoms with Crippen LogP contribution in [0, 0.1) is 17.8 Å². The Kier molecular flexibility index (Phi) is 4.34. The van der Waals surface area contributed by atoms with Crippen molar-refractivity contribution in [2.45, 2.75) is 83.3 Å². The molecule has 1 amide bonds. The Labute approximate surface area is 123 Å². The van der Waals surface area contributed by atoms with Crippen LogP contribution in [-0.4, -0.2) is 24.0 Å². The predicted molar refractivity (Wildman–Crippen MR) is 81.4 cm³/mol. The number of carbonyl (C=O) groups excluding carboxylic acids is 1. The summed E-state index contributed by atoms with van der Waals surface area (Å²) in [6.45, 7) is 4.63. The summed E-state index contributed by atoms with van der Waals surface area (Å²) in [7, 11) is 0. The molecule has 114 valence electrons. The highest BCUT2D eigenvalue weighted by molar-refractivity contribution is 5.82. The van der Waals surface area contributed by atoms with Crippen LogP contribution in [0.3, 0.4) is 0 Å². The van der Waals surface area contributed by atoms with Gasteiger partial charge in [0.15, 0.2) is 0 Å².